The van der Waals surface area contributed by atoms with Gasteiger partial charge in [-0.05, 0) is 62.6 Å². The van der Waals surface area contributed by atoms with Crippen LogP contribution in [0.15, 0.2) is 58.9 Å². The summed E-state index contributed by atoms with van der Waals surface area (Å²) in [5.74, 6) is -0.0566. The Morgan fingerprint density at radius 2 is 1.75 bits per heavy atom. The SMILES string of the molecule is Cc1ccc(N=Nc2cc(C)ccc2NC(=O)CCc2cn(C)nc2C)cc1. The predicted molar refractivity (Wildman–Crippen MR) is 111 cm³/mol. The average molecular weight is 375 g/mol. The van der Waals surface area contributed by atoms with Crippen LogP contribution in [0.2, 0.25) is 0 Å². The Morgan fingerprint density at radius 3 is 2.43 bits per heavy atom. The van der Waals surface area contributed by atoms with Crippen molar-refractivity contribution in [1.82, 2.24) is 9.78 Å². The van der Waals surface area contributed by atoms with Crippen molar-refractivity contribution in [2.45, 2.75) is 33.6 Å². The second-order valence-corrected chi connectivity index (χ2v) is 7.02. The van der Waals surface area contributed by atoms with E-state index in [1.54, 1.807) is 4.68 Å². The van der Waals surface area contributed by atoms with E-state index in [1.807, 2.05) is 76.5 Å². The molecule has 0 unspecified atom stereocenters. The van der Waals surface area contributed by atoms with Crippen molar-refractivity contribution in [2.75, 3.05) is 5.32 Å². The van der Waals surface area contributed by atoms with Crippen LogP contribution in [0.1, 0.15) is 28.8 Å². The normalized spacial score (nSPS) is 11.1. The Hall–Kier alpha value is -3.28. The number of carbonyl (C=O) groups excluding carboxylic acids is 1. The highest BCUT2D eigenvalue weighted by Gasteiger charge is 2.10. The van der Waals surface area contributed by atoms with Crippen LogP contribution in [0.4, 0.5) is 17.1 Å². The van der Waals surface area contributed by atoms with Crippen LogP contribution in [0, 0.1) is 20.8 Å². The predicted octanol–water partition coefficient (Wildman–Crippen LogP) is 5.33. The number of benzene rings is 2. The Labute approximate surface area is 165 Å². The number of hydrogen-bond donors (Lipinski definition) is 1. The smallest absolute Gasteiger partial charge is 0.224 e. The van der Waals surface area contributed by atoms with Gasteiger partial charge < -0.3 is 5.32 Å². The lowest BCUT2D eigenvalue weighted by Gasteiger charge is -2.08. The minimum absolute atomic E-state index is 0.0566. The highest BCUT2D eigenvalue weighted by atomic mass is 16.1. The molecule has 0 saturated carbocycles. The number of aromatic nitrogens is 2. The van der Waals surface area contributed by atoms with Crippen LogP contribution in [0.5, 0.6) is 0 Å². The summed E-state index contributed by atoms with van der Waals surface area (Å²) in [6, 6.07) is 13.6. The van der Waals surface area contributed by atoms with Crippen molar-refractivity contribution in [2.24, 2.45) is 17.3 Å². The topological polar surface area (TPSA) is 71.6 Å². The number of aryl methyl sites for hydroxylation is 5. The minimum Gasteiger partial charge on any atom is -0.324 e. The van der Waals surface area contributed by atoms with Crippen molar-refractivity contribution >= 4 is 23.0 Å². The Kier molecular flexibility index (Phi) is 5.99. The molecule has 0 atom stereocenters. The minimum atomic E-state index is -0.0566. The number of amides is 1. The zero-order valence-electron chi connectivity index (χ0n) is 16.7. The lowest BCUT2D eigenvalue weighted by atomic mass is 10.1. The molecule has 6 nitrogen and oxygen atoms in total. The van der Waals surface area contributed by atoms with Crippen LogP contribution in [-0.2, 0) is 18.3 Å². The summed E-state index contributed by atoms with van der Waals surface area (Å²) >= 11 is 0. The highest BCUT2D eigenvalue weighted by Crippen LogP contribution is 2.28. The first-order valence-electron chi connectivity index (χ1n) is 9.29. The molecule has 28 heavy (non-hydrogen) atoms. The van der Waals surface area contributed by atoms with E-state index >= 15 is 0 Å². The number of rotatable bonds is 6. The van der Waals surface area contributed by atoms with Gasteiger partial charge in [-0.3, -0.25) is 9.48 Å². The van der Waals surface area contributed by atoms with Crippen molar-refractivity contribution in [1.29, 1.82) is 0 Å². The fraction of sp³-hybridized carbons (Fsp3) is 0.273. The quantitative estimate of drug-likeness (QED) is 0.591. The van der Waals surface area contributed by atoms with Gasteiger partial charge in [-0.15, -0.1) is 5.11 Å². The standard InChI is InChI=1S/C22H25N5O/c1-15-5-9-19(10-6-15)24-25-21-13-16(2)7-11-20(21)23-22(28)12-8-18-14-27(4)26-17(18)3/h5-7,9-11,13-14H,8,12H2,1-4H3,(H,23,28). The number of carbonyl (C=O) groups is 1. The summed E-state index contributed by atoms with van der Waals surface area (Å²) in [6.45, 7) is 5.97. The van der Waals surface area contributed by atoms with E-state index < -0.39 is 0 Å². The molecule has 0 radical (unpaired) electrons. The number of nitrogens with one attached hydrogen (secondary N) is 1. The first-order chi connectivity index (χ1) is 13.4. The molecule has 0 aliphatic heterocycles. The number of azo groups is 1. The van der Waals surface area contributed by atoms with Gasteiger partial charge in [0, 0.05) is 19.7 Å². The maximum atomic E-state index is 12.4. The second kappa shape index (κ2) is 8.61. The molecule has 0 bridgehead atoms. The lowest BCUT2D eigenvalue weighted by Crippen LogP contribution is -2.12. The van der Waals surface area contributed by atoms with Gasteiger partial charge in [0.2, 0.25) is 5.91 Å². The van der Waals surface area contributed by atoms with Gasteiger partial charge in [0.25, 0.3) is 0 Å². The van der Waals surface area contributed by atoms with Crippen LogP contribution < -0.4 is 5.32 Å². The number of nitrogens with zero attached hydrogens (tertiary/aromatic N) is 4. The fourth-order valence-corrected chi connectivity index (χ4v) is 2.91. The molecule has 0 aliphatic carbocycles. The summed E-state index contributed by atoms with van der Waals surface area (Å²) in [7, 11) is 1.88. The van der Waals surface area contributed by atoms with E-state index in [0.29, 0.717) is 24.2 Å². The maximum absolute atomic E-state index is 12.4. The zero-order valence-corrected chi connectivity index (χ0v) is 16.7. The fourth-order valence-electron chi connectivity index (χ4n) is 2.91. The number of anilines is 1. The largest absolute Gasteiger partial charge is 0.324 e. The molecule has 1 N–H and O–H groups in total. The van der Waals surface area contributed by atoms with Crippen LogP contribution in [-0.4, -0.2) is 15.7 Å². The first-order valence-corrected chi connectivity index (χ1v) is 9.29. The summed E-state index contributed by atoms with van der Waals surface area (Å²) in [6.07, 6.45) is 2.99. The van der Waals surface area contributed by atoms with Gasteiger partial charge >= 0.3 is 0 Å². The molecule has 6 heteroatoms. The van der Waals surface area contributed by atoms with E-state index in [2.05, 4.69) is 20.6 Å². The van der Waals surface area contributed by atoms with Crippen molar-refractivity contribution < 1.29 is 4.79 Å². The monoisotopic (exact) mass is 375 g/mol. The second-order valence-electron chi connectivity index (χ2n) is 7.02. The van der Waals surface area contributed by atoms with Crippen molar-refractivity contribution in [3.05, 3.63) is 71.0 Å². The third kappa shape index (κ3) is 5.13. The van der Waals surface area contributed by atoms with E-state index in [-0.39, 0.29) is 5.91 Å². The van der Waals surface area contributed by atoms with Crippen LogP contribution in [0.3, 0.4) is 0 Å². The summed E-state index contributed by atoms with van der Waals surface area (Å²) in [5.41, 5.74) is 6.35. The molecule has 0 saturated heterocycles. The zero-order chi connectivity index (χ0) is 20.1. The van der Waals surface area contributed by atoms with E-state index in [9.17, 15) is 4.79 Å². The maximum Gasteiger partial charge on any atom is 0.224 e. The molecule has 1 aromatic heterocycles. The lowest BCUT2D eigenvalue weighted by molar-refractivity contribution is -0.116. The van der Waals surface area contributed by atoms with Gasteiger partial charge in [-0.2, -0.15) is 10.2 Å². The summed E-state index contributed by atoms with van der Waals surface area (Å²) in [5, 5.41) is 15.9. The molecule has 3 aromatic rings. The molecule has 3 rings (SSSR count). The molecule has 2 aromatic carbocycles. The van der Waals surface area contributed by atoms with E-state index in [0.717, 1.165) is 22.5 Å². The molecule has 0 aliphatic rings. The Morgan fingerprint density at radius 1 is 1.04 bits per heavy atom. The van der Waals surface area contributed by atoms with Gasteiger partial charge in [0.05, 0.1) is 17.1 Å². The summed E-state index contributed by atoms with van der Waals surface area (Å²) < 4.78 is 1.77. The molecule has 1 amide bonds. The molecule has 0 spiro atoms. The third-order valence-corrected chi connectivity index (χ3v) is 4.47. The van der Waals surface area contributed by atoms with Gasteiger partial charge in [0.1, 0.15) is 5.69 Å². The van der Waals surface area contributed by atoms with Crippen molar-refractivity contribution in [3.63, 3.8) is 0 Å². The molecule has 144 valence electrons. The van der Waals surface area contributed by atoms with Crippen LogP contribution >= 0.6 is 0 Å². The highest BCUT2D eigenvalue weighted by molar-refractivity contribution is 5.93. The van der Waals surface area contributed by atoms with Gasteiger partial charge in [-0.25, -0.2) is 0 Å². The molecular weight excluding hydrogens is 350 g/mol. The van der Waals surface area contributed by atoms with Crippen molar-refractivity contribution in [3.8, 4) is 0 Å². The third-order valence-electron chi connectivity index (χ3n) is 4.47. The van der Waals surface area contributed by atoms with E-state index in [4.69, 9.17) is 0 Å². The Balaban J connectivity index is 1.70. The first kappa shape index (κ1) is 19.5. The summed E-state index contributed by atoms with van der Waals surface area (Å²) in [4.78, 5) is 12.4. The molecular formula is C22H25N5O. The molecule has 0 fully saturated rings. The van der Waals surface area contributed by atoms with Gasteiger partial charge in [-0.1, -0.05) is 23.8 Å². The Bertz CT molecular complexity index is 1000. The average Bonchev–Trinajstić information content (AvgIpc) is 2.98. The van der Waals surface area contributed by atoms with Gasteiger partial charge in [0.15, 0.2) is 0 Å². The number of hydrogen-bond acceptors (Lipinski definition) is 4. The van der Waals surface area contributed by atoms with Crippen LogP contribution in [0.25, 0.3) is 0 Å². The molecule has 1 heterocycles. The van der Waals surface area contributed by atoms with E-state index in [1.165, 1.54) is 5.56 Å².